The predicted octanol–water partition coefficient (Wildman–Crippen LogP) is 6.23. The zero-order valence-corrected chi connectivity index (χ0v) is 17.6. The van der Waals surface area contributed by atoms with Crippen LogP contribution < -0.4 is 10.1 Å². The summed E-state index contributed by atoms with van der Waals surface area (Å²) in [5, 5.41) is 12.7. The van der Waals surface area contributed by atoms with Gasteiger partial charge >= 0.3 is 0 Å². The van der Waals surface area contributed by atoms with E-state index in [1.165, 1.54) is 6.08 Å². The number of halogens is 2. The number of nitriles is 1. The van der Waals surface area contributed by atoms with Gasteiger partial charge in [0, 0.05) is 16.3 Å². The lowest BCUT2D eigenvalue weighted by Crippen LogP contribution is -2.13. The van der Waals surface area contributed by atoms with Crippen LogP contribution in [-0.2, 0) is 11.4 Å². The Hall–Kier alpha value is -3.07. The molecule has 6 heteroatoms. The van der Waals surface area contributed by atoms with E-state index in [1.54, 1.807) is 30.3 Å². The second kappa shape index (κ2) is 9.92. The second-order valence-electron chi connectivity index (χ2n) is 6.06. The first-order chi connectivity index (χ1) is 14.1. The van der Waals surface area contributed by atoms with Crippen LogP contribution in [0.3, 0.4) is 0 Å². The highest BCUT2D eigenvalue weighted by Crippen LogP contribution is 2.28. The lowest BCUT2D eigenvalue weighted by molar-refractivity contribution is -0.112. The van der Waals surface area contributed by atoms with Crippen LogP contribution in [0.1, 0.15) is 11.1 Å². The monoisotopic (exact) mass is 466 g/mol. The van der Waals surface area contributed by atoms with E-state index < -0.39 is 5.91 Å². The van der Waals surface area contributed by atoms with E-state index in [2.05, 4.69) is 21.2 Å². The number of hydrogen-bond acceptors (Lipinski definition) is 3. The maximum Gasteiger partial charge on any atom is 0.266 e. The molecule has 0 aliphatic rings. The number of anilines is 1. The fourth-order valence-corrected chi connectivity index (χ4v) is 3.23. The van der Waals surface area contributed by atoms with Gasteiger partial charge in [0.1, 0.15) is 24.0 Å². The minimum Gasteiger partial charge on any atom is -0.488 e. The third kappa shape index (κ3) is 5.71. The van der Waals surface area contributed by atoms with Gasteiger partial charge in [-0.05, 0) is 57.9 Å². The Morgan fingerprint density at radius 3 is 2.52 bits per heavy atom. The van der Waals surface area contributed by atoms with Crippen molar-refractivity contribution in [3.8, 4) is 11.8 Å². The minimum atomic E-state index is -0.464. The van der Waals surface area contributed by atoms with Crippen molar-refractivity contribution in [2.75, 3.05) is 5.32 Å². The van der Waals surface area contributed by atoms with Gasteiger partial charge in [-0.25, -0.2) is 0 Å². The van der Waals surface area contributed by atoms with Crippen molar-refractivity contribution in [2.24, 2.45) is 0 Å². The quantitative estimate of drug-likeness (QED) is 0.345. The molecule has 1 amide bonds. The van der Waals surface area contributed by atoms with Crippen LogP contribution >= 0.6 is 27.5 Å². The number of para-hydroxylation sites is 1. The number of amides is 1. The largest absolute Gasteiger partial charge is 0.488 e. The summed E-state index contributed by atoms with van der Waals surface area (Å²) in [6.07, 6.45) is 1.53. The highest BCUT2D eigenvalue weighted by atomic mass is 79.9. The normalized spacial score (nSPS) is 10.9. The Labute approximate surface area is 182 Å². The highest BCUT2D eigenvalue weighted by molar-refractivity contribution is 9.10. The number of ether oxygens (including phenoxy) is 1. The summed E-state index contributed by atoms with van der Waals surface area (Å²) in [5.41, 5.74) is 2.21. The second-order valence-corrected chi connectivity index (χ2v) is 7.32. The molecule has 0 bridgehead atoms. The van der Waals surface area contributed by atoms with E-state index in [4.69, 9.17) is 16.3 Å². The third-order valence-electron chi connectivity index (χ3n) is 4.00. The van der Waals surface area contributed by atoms with Crippen molar-refractivity contribution < 1.29 is 9.53 Å². The van der Waals surface area contributed by atoms with E-state index in [9.17, 15) is 10.1 Å². The molecule has 0 radical (unpaired) electrons. The van der Waals surface area contributed by atoms with Crippen LogP contribution in [0, 0.1) is 11.3 Å². The maximum absolute atomic E-state index is 12.3. The molecule has 0 unspecified atom stereocenters. The predicted molar refractivity (Wildman–Crippen MR) is 119 cm³/mol. The molecule has 0 aliphatic carbocycles. The smallest absolute Gasteiger partial charge is 0.266 e. The van der Waals surface area contributed by atoms with Crippen molar-refractivity contribution in [3.05, 3.63) is 99.0 Å². The minimum absolute atomic E-state index is 0.00508. The van der Waals surface area contributed by atoms with E-state index in [0.717, 1.165) is 5.56 Å². The first-order valence-electron chi connectivity index (χ1n) is 8.71. The van der Waals surface area contributed by atoms with E-state index in [0.29, 0.717) is 33.1 Å². The van der Waals surface area contributed by atoms with Crippen LogP contribution in [0.15, 0.2) is 82.8 Å². The molecule has 0 saturated carbocycles. The Morgan fingerprint density at radius 1 is 1.10 bits per heavy atom. The highest BCUT2D eigenvalue weighted by Gasteiger charge is 2.10. The van der Waals surface area contributed by atoms with E-state index in [-0.39, 0.29) is 5.57 Å². The van der Waals surface area contributed by atoms with Crippen LogP contribution in [-0.4, -0.2) is 5.91 Å². The lowest BCUT2D eigenvalue weighted by Gasteiger charge is -2.10. The first-order valence-corrected chi connectivity index (χ1v) is 9.88. The summed E-state index contributed by atoms with van der Waals surface area (Å²) in [7, 11) is 0. The third-order valence-corrected chi connectivity index (χ3v) is 4.99. The summed E-state index contributed by atoms with van der Waals surface area (Å²) in [6.45, 7) is 0.330. The number of nitrogens with one attached hydrogen (secondary N) is 1. The summed E-state index contributed by atoms with van der Waals surface area (Å²) in [6, 6.07) is 23.7. The average Bonchev–Trinajstić information content (AvgIpc) is 2.73. The van der Waals surface area contributed by atoms with Gasteiger partial charge in [0.15, 0.2) is 0 Å². The van der Waals surface area contributed by atoms with Gasteiger partial charge in [-0.15, -0.1) is 0 Å². The molecule has 1 N–H and O–H groups in total. The van der Waals surface area contributed by atoms with Crippen molar-refractivity contribution in [1.82, 2.24) is 0 Å². The van der Waals surface area contributed by atoms with Gasteiger partial charge in [0.25, 0.3) is 5.91 Å². The Kier molecular flexibility index (Phi) is 7.07. The van der Waals surface area contributed by atoms with Gasteiger partial charge in [-0.1, -0.05) is 54.1 Å². The standard InChI is InChI=1S/C23H16BrClN2O2/c24-20-13-16(10-11-22(20)29-15-17-6-4-5-9-21(17)25)12-18(14-26)23(28)27-19-7-2-1-3-8-19/h1-13H,15H2,(H,27,28)/b18-12-. The number of carbonyl (C=O) groups is 1. The molecule has 4 nitrogen and oxygen atoms in total. The number of carbonyl (C=O) groups excluding carboxylic acids is 1. The van der Waals surface area contributed by atoms with Crippen molar-refractivity contribution in [2.45, 2.75) is 6.61 Å². The molecule has 0 spiro atoms. The molecule has 0 aliphatic heterocycles. The zero-order chi connectivity index (χ0) is 20.6. The van der Waals surface area contributed by atoms with E-state index in [1.807, 2.05) is 48.5 Å². The molecule has 3 rings (SSSR count). The van der Waals surface area contributed by atoms with Crippen molar-refractivity contribution in [3.63, 3.8) is 0 Å². The molecule has 0 aromatic heterocycles. The molecular weight excluding hydrogens is 452 g/mol. The molecule has 3 aromatic rings. The maximum atomic E-state index is 12.3. The zero-order valence-electron chi connectivity index (χ0n) is 15.2. The molecule has 0 fully saturated rings. The summed E-state index contributed by atoms with van der Waals surface area (Å²) in [5.74, 6) is 0.170. The number of nitrogens with zero attached hydrogens (tertiary/aromatic N) is 1. The fraction of sp³-hybridized carbons (Fsp3) is 0.0435. The van der Waals surface area contributed by atoms with Crippen LogP contribution in [0.4, 0.5) is 5.69 Å². The molecule has 144 valence electrons. The Balaban J connectivity index is 1.72. The van der Waals surface area contributed by atoms with Gasteiger partial charge in [0.05, 0.1) is 4.47 Å². The van der Waals surface area contributed by atoms with Gasteiger partial charge in [-0.3, -0.25) is 4.79 Å². The number of rotatable bonds is 6. The molecule has 29 heavy (non-hydrogen) atoms. The van der Waals surface area contributed by atoms with Crippen LogP contribution in [0.25, 0.3) is 6.08 Å². The fourth-order valence-electron chi connectivity index (χ4n) is 2.53. The summed E-state index contributed by atoms with van der Waals surface area (Å²) < 4.78 is 6.53. The Morgan fingerprint density at radius 2 is 1.83 bits per heavy atom. The topological polar surface area (TPSA) is 62.1 Å². The molecule has 3 aromatic carbocycles. The first kappa shape index (κ1) is 20.7. The van der Waals surface area contributed by atoms with Crippen LogP contribution in [0.2, 0.25) is 5.02 Å². The van der Waals surface area contributed by atoms with Crippen molar-refractivity contribution in [1.29, 1.82) is 5.26 Å². The Bertz CT molecular complexity index is 1090. The van der Waals surface area contributed by atoms with E-state index >= 15 is 0 Å². The summed E-state index contributed by atoms with van der Waals surface area (Å²) in [4.78, 5) is 12.3. The molecule has 0 saturated heterocycles. The lowest BCUT2D eigenvalue weighted by atomic mass is 10.1. The summed E-state index contributed by atoms with van der Waals surface area (Å²) >= 11 is 9.62. The average molecular weight is 468 g/mol. The van der Waals surface area contributed by atoms with Gasteiger partial charge in [0.2, 0.25) is 0 Å². The van der Waals surface area contributed by atoms with Crippen LogP contribution in [0.5, 0.6) is 5.75 Å². The molecule has 0 atom stereocenters. The number of benzene rings is 3. The number of hydrogen-bond donors (Lipinski definition) is 1. The van der Waals surface area contributed by atoms with Gasteiger partial charge in [-0.2, -0.15) is 5.26 Å². The van der Waals surface area contributed by atoms with Crippen molar-refractivity contribution >= 4 is 45.2 Å². The van der Waals surface area contributed by atoms with Gasteiger partial charge < -0.3 is 10.1 Å². The molecular formula is C23H16BrClN2O2. The SMILES string of the molecule is N#C/C(=C/c1ccc(OCc2ccccc2Cl)c(Br)c1)C(=O)Nc1ccccc1. The molecule has 0 heterocycles.